The SMILES string of the molecule is COC(=O)CN(CC(=O)OC)c1ccc(C=C2C(=O)ON=C2COCC(C)C)cc1. The molecule has 0 aliphatic carbocycles. The Kier molecular flexibility index (Phi) is 8.54. The number of rotatable bonds is 10. The molecule has 0 spiro atoms. The van der Waals surface area contributed by atoms with Gasteiger partial charge in [0.15, 0.2) is 0 Å². The van der Waals surface area contributed by atoms with Gasteiger partial charge in [-0.2, -0.15) is 0 Å². The van der Waals surface area contributed by atoms with Gasteiger partial charge in [-0.1, -0.05) is 31.1 Å². The van der Waals surface area contributed by atoms with E-state index in [1.54, 1.807) is 30.3 Å². The van der Waals surface area contributed by atoms with Gasteiger partial charge in [0.05, 0.1) is 26.4 Å². The van der Waals surface area contributed by atoms with E-state index in [1.807, 2.05) is 13.8 Å². The van der Waals surface area contributed by atoms with Crippen LogP contribution in [0.15, 0.2) is 35.0 Å². The van der Waals surface area contributed by atoms with Crippen molar-refractivity contribution in [2.45, 2.75) is 13.8 Å². The summed E-state index contributed by atoms with van der Waals surface area (Å²) < 4.78 is 14.9. The molecule has 1 aromatic rings. The first-order chi connectivity index (χ1) is 14.3. The molecule has 0 saturated heterocycles. The van der Waals surface area contributed by atoms with Gasteiger partial charge < -0.3 is 23.9 Å². The van der Waals surface area contributed by atoms with Gasteiger partial charge in [-0.25, -0.2) is 4.79 Å². The Hall–Kier alpha value is -3.20. The van der Waals surface area contributed by atoms with Gasteiger partial charge in [-0.15, -0.1) is 0 Å². The number of carbonyl (C=O) groups is 3. The van der Waals surface area contributed by atoms with Crippen molar-refractivity contribution in [3.8, 4) is 0 Å². The monoisotopic (exact) mass is 418 g/mol. The van der Waals surface area contributed by atoms with Crippen LogP contribution in [0.2, 0.25) is 0 Å². The standard InChI is InChI=1S/C21H26N2O7/c1-14(2)12-29-13-18-17(21(26)30-22-18)9-15-5-7-16(8-6-15)23(10-19(24)27-3)11-20(25)28-4/h5-9,14H,10-13H2,1-4H3. The van der Waals surface area contributed by atoms with Gasteiger partial charge in [-0.3, -0.25) is 9.59 Å². The van der Waals surface area contributed by atoms with Gasteiger partial charge in [-0.05, 0) is 29.7 Å². The lowest BCUT2D eigenvalue weighted by molar-refractivity contribution is -0.140. The Labute approximate surface area is 175 Å². The summed E-state index contributed by atoms with van der Waals surface area (Å²) in [4.78, 5) is 41.6. The highest BCUT2D eigenvalue weighted by atomic mass is 16.7. The number of hydrogen-bond donors (Lipinski definition) is 0. The molecule has 0 unspecified atom stereocenters. The molecule has 9 nitrogen and oxygen atoms in total. The topological polar surface area (TPSA) is 104 Å². The van der Waals surface area contributed by atoms with E-state index < -0.39 is 17.9 Å². The van der Waals surface area contributed by atoms with Gasteiger partial charge >= 0.3 is 17.9 Å². The predicted octanol–water partition coefficient (Wildman–Crippen LogP) is 1.81. The first kappa shape index (κ1) is 23.1. The third-order valence-corrected chi connectivity index (χ3v) is 4.12. The van der Waals surface area contributed by atoms with Crippen LogP contribution >= 0.6 is 0 Å². The fourth-order valence-electron chi connectivity index (χ4n) is 2.58. The molecule has 162 valence electrons. The minimum atomic E-state index is -0.541. The third-order valence-electron chi connectivity index (χ3n) is 4.12. The zero-order valence-corrected chi connectivity index (χ0v) is 17.5. The Balaban J connectivity index is 2.15. The maximum atomic E-state index is 12.0. The van der Waals surface area contributed by atoms with Crippen LogP contribution in [0, 0.1) is 5.92 Å². The molecule has 0 amide bonds. The minimum Gasteiger partial charge on any atom is -0.468 e. The highest BCUT2D eigenvalue weighted by Crippen LogP contribution is 2.20. The number of methoxy groups -OCH3 is 2. The summed E-state index contributed by atoms with van der Waals surface area (Å²) in [6.07, 6.45) is 1.65. The second kappa shape index (κ2) is 11.1. The largest absolute Gasteiger partial charge is 0.468 e. The number of anilines is 1. The normalized spacial score (nSPS) is 14.5. The predicted molar refractivity (Wildman–Crippen MR) is 110 cm³/mol. The zero-order chi connectivity index (χ0) is 22.1. The van der Waals surface area contributed by atoms with Crippen molar-refractivity contribution in [2.24, 2.45) is 11.1 Å². The lowest BCUT2D eigenvalue weighted by Gasteiger charge is -2.22. The van der Waals surface area contributed by atoms with Crippen molar-refractivity contribution in [1.82, 2.24) is 0 Å². The molecule has 9 heteroatoms. The van der Waals surface area contributed by atoms with Crippen molar-refractivity contribution >= 4 is 35.4 Å². The Bertz CT molecular complexity index is 810. The van der Waals surface area contributed by atoms with Crippen LogP contribution in [0.5, 0.6) is 0 Å². The van der Waals surface area contributed by atoms with Gasteiger partial charge in [0.2, 0.25) is 0 Å². The third kappa shape index (κ3) is 6.70. The van der Waals surface area contributed by atoms with E-state index in [0.29, 0.717) is 29.5 Å². The molecule has 0 N–H and O–H groups in total. The summed E-state index contributed by atoms with van der Waals surface area (Å²) in [5.41, 5.74) is 2.10. The summed E-state index contributed by atoms with van der Waals surface area (Å²) in [6.45, 7) is 4.57. The molecule has 0 radical (unpaired) electrons. The van der Waals surface area contributed by atoms with E-state index in [1.165, 1.54) is 19.1 Å². The summed E-state index contributed by atoms with van der Waals surface area (Å²) in [5, 5.41) is 3.78. The number of hydrogen-bond acceptors (Lipinski definition) is 9. The molecule has 2 rings (SSSR count). The first-order valence-electron chi connectivity index (χ1n) is 9.40. The molecule has 0 bridgehead atoms. The summed E-state index contributed by atoms with van der Waals surface area (Å²) in [6, 6.07) is 6.96. The summed E-state index contributed by atoms with van der Waals surface area (Å²) in [7, 11) is 2.55. The lowest BCUT2D eigenvalue weighted by Crippen LogP contribution is -2.35. The molecule has 0 atom stereocenters. The highest BCUT2D eigenvalue weighted by Gasteiger charge is 2.25. The van der Waals surface area contributed by atoms with Crippen LogP contribution in [-0.2, 0) is 33.4 Å². The second-order valence-electron chi connectivity index (χ2n) is 6.98. The Morgan fingerprint density at radius 3 is 2.23 bits per heavy atom. The van der Waals surface area contributed by atoms with Gasteiger partial charge in [0, 0.05) is 12.3 Å². The fraction of sp³-hybridized carbons (Fsp3) is 0.429. The number of oxime groups is 1. The van der Waals surface area contributed by atoms with Crippen molar-refractivity contribution in [1.29, 1.82) is 0 Å². The average molecular weight is 418 g/mol. The van der Waals surface area contributed by atoms with E-state index in [0.717, 1.165) is 5.56 Å². The minimum absolute atomic E-state index is 0.109. The van der Waals surface area contributed by atoms with E-state index in [4.69, 9.17) is 9.57 Å². The van der Waals surface area contributed by atoms with Crippen molar-refractivity contribution in [2.75, 3.05) is 45.4 Å². The number of esters is 2. The van der Waals surface area contributed by atoms with E-state index in [-0.39, 0.29) is 19.7 Å². The molecule has 1 aliphatic heterocycles. The maximum Gasteiger partial charge on any atom is 0.367 e. The van der Waals surface area contributed by atoms with Crippen LogP contribution in [0.25, 0.3) is 6.08 Å². The molecule has 0 saturated carbocycles. The lowest BCUT2D eigenvalue weighted by atomic mass is 10.1. The smallest absolute Gasteiger partial charge is 0.367 e. The van der Waals surface area contributed by atoms with Crippen molar-refractivity contribution < 1.29 is 33.4 Å². The molecular weight excluding hydrogens is 392 g/mol. The quantitative estimate of drug-likeness (QED) is 0.322. The fourth-order valence-corrected chi connectivity index (χ4v) is 2.58. The molecule has 0 fully saturated rings. The van der Waals surface area contributed by atoms with Crippen LogP contribution < -0.4 is 4.90 Å². The molecule has 1 aromatic carbocycles. The molecular formula is C21H26N2O7. The number of nitrogens with zero attached hydrogens (tertiary/aromatic N) is 2. The number of carbonyl (C=O) groups excluding carboxylic acids is 3. The second-order valence-corrected chi connectivity index (χ2v) is 6.98. The molecule has 30 heavy (non-hydrogen) atoms. The first-order valence-corrected chi connectivity index (χ1v) is 9.40. The summed E-state index contributed by atoms with van der Waals surface area (Å²) in [5.74, 6) is -1.15. The highest BCUT2D eigenvalue weighted by molar-refractivity contribution is 6.25. The molecule has 0 aromatic heterocycles. The van der Waals surface area contributed by atoms with Crippen LogP contribution in [-0.4, -0.2) is 64.1 Å². The van der Waals surface area contributed by atoms with Gasteiger partial charge in [0.1, 0.15) is 18.8 Å². The average Bonchev–Trinajstić information content (AvgIpc) is 3.07. The Morgan fingerprint density at radius 2 is 1.70 bits per heavy atom. The van der Waals surface area contributed by atoms with E-state index >= 15 is 0 Å². The number of benzene rings is 1. The Morgan fingerprint density at radius 1 is 1.10 bits per heavy atom. The maximum absolute atomic E-state index is 12.0. The number of ether oxygens (including phenoxy) is 3. The zero-order valence-electron chi connectivity index (χ0n) is 17.5. The van der Waals surface area contributed by atoms with E-state index in [9.17, 15) is 14.4 Å². The van der Waals surface area contributed by atoms with Crippen LogP contribution in [0.4, 0.5) is 5.69 Å². The molecule has 1 aliphatic rings. The van der Waals surface area contributed by atoms with E-state index in [2.05, 4.69) is 14.6 Å². The van der Waals surface area contributed by atoms with Crippen LogP contribution in [0.1, 0.15) is 19.4 Å². The van der Waals surface area contributed by atoms with Crippen molar-refractivity contribution in [3.63, 3.8) is 0 Å². The van der Waals surface area contributed by atoms with Crippen LogP contribution in [0.3, 0.4) is 0 Å². The van der Waals surface area contributed by atoms with Gasteiger partial charge in [0.25, 0.3) is 0 Å². The van der Waals surface area contributed by atoms with Crippen molar-refractivity contribution in [3.05, 3.63) is 35.4 Å². The molecule has 1 heterocycles. The summed E-state index contributed by atoms with van der Waals surface area (Å²) >= 11 is 0.